The Kier molecular flexibility index (Phi) is 6.48. The predicted octanol–water partition coefficient (Wildman–Crippen LogP) is 4.69. The molecule has 0 aliphatic heterocycles. The van der Waals surface area contributed by atoms with E-state index in [1.54, 1.807) is 30.8 Å². The fraction of sp³-hybridized carbons (Fsp3) is 0.292. The van der Waals surface area contributed by atoms with Crippen molar-refractivity contribution in [2.75, 3.05) is 0 Å². The summed E-state index contributed by atoms with van der Waals surface area (Å²) in [6.07, 6.45) is 2.76. The van der Waals surface area contributed by atoms with Gasteiger partial charge in [-0.05, 0) is 64.4 Å². The second kappa shape index (κ2) is 9.10. The molecule has 0 aliphatic carbocycles. The first kappa shape index (κ1) is 24.9. The Bertz CT molecular complexity index is 1610. The number of nitrogens with two attached hydrogens (primary N) is 1. The van der Waals surface area contributed by atoms with Gasteiger partial charge in [-0.1, -0.05) is 11.6 Å². The zero-order valence-corrected chi connectivity index (χ0v) is 21.4. The summed E-state index contributed by atoms with van der Waals surface area (Å²) in [4.78, 5) is 17.1. The standard InChI is InChI=1S/C24H25ClN4O5S/c1-12(2)29-11-16(10-27-29)22-14(4)21(30)18-9-13(3)8-17(23(18)34-22)15(5)33-19-6-7-20(25)28-24(19)35(26,31)32/h6-12,15H,1-5H3,(H2,26,31,32)/t15-/m1/s1. The van der Waals surface area contributed by atoms with E-state index in [-0.39, 0.29) is 22.4 Å². The highest BCUT2D eigenvalue weighted by atomic mass is 35.5. The van der Waals surface area contributed by atoms with E-state index < -0.39 is 21.2 Å². The molecule has 0 saturated heterocycles. The van der Waals surface area contributed by atoms with Gasteiger partial charge in [0.05, 0.1) is 17.1 Å². The number of aryl methyl sites for hydroxylation is 1. The lowest BCUT2D eigenvalue weighted by Crippen LogP contribution is -2.17. The van der Waals surface area contributed by atoms with Gasteiger partial charge in [-0.3, -0.25) is 9.48 Å². The van der Waals surface area contributed by atoms with E-state index in [2.05, 4.69) is 10.1 Å². The van der Waals surface area contributed by atoms with Gasteiger partial charge in [-0.15, -0.1) is 0 Å². The van der Waals surface area contributed by atoms with E-state index in [9.17, 15) is 13.2 Å². The van der Waals surface area contributed by atoms with Gasteiger partial charge in [0.2, 0.25) is 5.03 Å². The van der Waals surface area contributed by atoms with Crippen LogP contribution in [0.3, 0.4) is 0 Å². The van der Waals surface area contributed by atoms with Gasteiger partial charge in [-0.25, -0.2) is 18.5 Å². The third kappa shape index (κ3) is 4.82. The zero-order chi connectivity index (χ0) is 25.7. The molecule has 0 radical (unpaired) electrons. The monoisotopic (exact) mass is 516 g/mol. The fourth-order valence-electron chi connectivity index (χ4n) is 3.84. The first-order valence-corrected chi connectivity index (χ1v) is 12.8. The van der Waals surface area contributed by atoms with Crippen molar-refractivity contribution in [1.29, 1.82) is 0 Å². The van der Waals surface area contributed by atoms with Crippen molar-refractivity contribution in [3.05, 3.63) is 68.7 Å². The van der Waals surface area contributed by atoms with Crippen molar-refractivity contribution >= 4 is 32.6 Å². The topological polar surface area (TPSA) is 130 Å². The molecule has 1 aromatic carbocycles. The lowest BCUT2D eigenvalue weighted by Gasteiger charge is -2.19. The maximum absolute atomic E-state index is 13.3. The van der Waals surface area contributed by atoms with E-state index in [4.69, 9.17) is 25.9 Å². The van der Waals surface area contributed by atoms with E-state index >= 15 is 0 Å². The molecule has 0 spiro atoms. The van der Waals surface area contributed by atoms with Crippen LogP contribution in [0.5, 0.6) is 5.75 Å². The van der Waals surface area contributed by atoms with Crippen LogP contribution >= 0.6 is 11.6 Å². The second-order valence-electron chi connectivity index (χ2n) is 8.66. The number of benzene rings is 1. The number of rotatable bonds is 6. The van der Waals surface area contributed by atoms with Crippen LogP contribution < -0.4 is 15.3 Å². The quantitative estimate of drug-likeness (QED) is 0.368. The molecule has 9 nitrogen and oxygen atoms in total. The van der Waals surface area contributed by atoms with Gasteiger partial charge in [0, 0.05) is 23.4 Å². The second-order valence-corrected chi connectivity index (χ2v) is 10.5. The number of primary sulfonamides is 1. The fourth-order valence-corrected chi connectivity index (χ4v) is 4.65. The lowest BCUT2D eigenvalue weighted by molar-refractivity contribution is 0.219. The molecule has 2 N–H and O–H groups in total. The summed E-state index contributed by atoms with van der Waals surface area (Å²) in [5.74, 6) is 0.344. The minimum absolute atomic E-state index is 0.0388. The van der Waals surface area contributed by atoms with Crippen LogP contribution in [0.25, 0.3) is 22.3 Å². The summed E-state index contributed by atoms with van der Waals surface area (Å²) in [6, 6.07) is 6.51. The summed E-state index contributed by atoms with van der Waals surface area (Å²) in [6.45, 7) is 9.28. The largest absolute Gasteiger partial charge is 0.483 e. The first-order valence-electron chi connectivity index (χ1n) is 10.8. The minimum Gasteiger partial charge on any atom is -0.483 e. The van der Waals surface area contributed by atoms with Crippen molar-refractivity contribution in [2.45, 2.75) is 51.8 Å². The molecule has 0 saturated carbocycles. The molecule has 4 aromatic rings. The highest BCUT2D eigenvalue weighted by Gasteiger charge is 2.24. The van der Waals surface area contributed by atoms with Crippen LogP contribution in [0.1, 0.15) is 49.6 Å². The van der Waals surface area contributed by atoms with Crippen LogP contribution in [0.4, 0.5) is 0 Å². The number of halogens is 1. The average Bonchev–Trinajstić information content (AvgIpc) is 3.27. The molecule has 3 heterocycles. The summed E-state index contributed by atoms with van der Waals surface area (Å²) in [7, 11) is -4.20. The van der Waals surface area contributed by atoms with Crippen molar-refractivity contribution < 1.29 is 17.6 Å². The van der Waals surface area contributed by atoms with Crippen LogP contribution in [0.2, 0.25) is 5.15 Å². The van der Waals surface area contributed by atoms with Crippen molar-refractivity contribution in [2.24, 2.45) is 5.14 Å². The Balaban J connectivity index is 1.88. The third-order valence-corrected chi connectivity index (χ3v) is 6.63. The number of hydrogen-bond donors (Lipinski definition) is 1. The number of sulfonamides is 1. The zero-order valence-electron chi connectivity index (χ0n) is 19.9. The molecular weight excluding hydrogens is 492 g/mol. The molecule has 0 aliphatic rings. The highest BCUT2D eigenvalue weighted by Crippen LogP contribution is 2.34. The normalized spacial score (nSPS) is 12.9. The molecule has 184 valence electrons. The molecular formula is C24H25ClN4O5S. The van der Waals surface area contributed by atoms with E-state index in [0.717, 1.165) is 5.56 Å². The molecule has 35 heavy (non-hydrogen) atoms. The maximum atomic E-state index is 13.3. The summed E-state index contributed by atoms with van der Waals surface area (Å²) >= 11 is 5.86. The third-order valence-electron chi connectivity index (χ3n) is 5.59. The molecule has 4 rings (SSSR count). The molecule has 1 atom stereocenters. The van der Waals surface area contributed by atoms with Gasteiger partial charge in [-0.2, -0.15) is 5.10 Å². The van der Waals surface area contributed by atoms with Crippen LogP contribution in [0.15, 0.2) is 50.9 Å². The Morgan fingerprint density at radius 1 is 1.17 bits per heavy atom. The molecule has 0 bridgehead atoms. The van der Waals surface area contributed by atoms with Gasteiger partial charge in [0.25, 0.3) is 10.0 Å². The van der Waals surface area contributed by atoms with Gasteiger partial charge in [0.15, 0.2) is 11.2 Å². The lowest BCUT2D eigenvalue weighted by atomic mass is 10.0. The van der Waals surface area contributed by atoms with Gasteiger partial charge >= 0.3 is 0 Å². The van der Waals surface area contributed by atoms with E-state index in [0.29, 0.717) is 33.4 Å². The van der Waals surface area contributed by atoms with Crippen molar-refractivity contribution in [3.63, 3.8) is 0 Å². The number of fused-ring (bicyclic) bond motifs is 1. The predicted molar refractivity (Wildman–Crippen MR) is 133 cm³/mol. The smallest absolute Gasteiger partial charge is 0.259 e. The number of hydrogen-bond acceptors (Lipinski definition) is 7. The summed E-state index contributed by atoms with van der Waals surface area (Å²) in [5.41, 5.74) is 2.68. The van der Waals surface area contributed by atoms with Crippen LogP contribution in [0, 0.1) is 13.8 Å². The van der Waals surface area contributed by atoms with Crippen LogP contribution in [-0.4, -0.2) is 23.2 Å². The average molecular weight is 517 g/mol. The molecule has 0 fully saturated rings. The van der Waals surface area contributed by atoms with E-state index in [1.165, 1.54) is 12.1 Å². The van der Waals surface area contributed by atoms with Gasteiger partial charge in [0.1, 0.15) is 22.6 Å². The van der Waals surface area contributed by atoms with Crippen LogP contribution in [-0.2, 0) is 10.0 Å². The van der Waals surface area contributed by atoms with Crippen molar-refractivity contribution in [3.8, 4) is 17.1 Å². The Hall–Kier alpha value is -3.21. The molecule has 0 amide bonds. The highest BCUT2D eigenvalue weighted by molar-refractivity contribution is 7.89. The number of nitrogens with zero attached hydrogens (tertiary/aromatic N) is 3. The molecule has 3 aromatic heterocycles. The maximum Gasteiger partial charge on any atom is 0.259 e. The van der Waals surface area contributed by atoms with Gasteiger partial charge < -0.3 is 9.15 Å². The minimum atomic E-state index is -4.20. The summed E-state index contributed by atoms with van der Waals surface area (Å²) in [5, 5.41) is 9.54. The molecule has 11 heteroatoms. The number of ether oxygens (including phenoxy) is 1. The Labute approximate surface area is 207 Å². The SMILES string of the molecule is Cc1cc([C@@H](C)Oc2ccc(Cl)nc2S(N)(=O)=O)c2oc(-c3cnn(C(C)C)c3)c(C)c(=O)c2c1. The Morgan fingerprint density at radius 2 is 1.89 bits per heavy atom. The first-order chi connectivity index (χ1) is 16.4. The molecule has 0 unspecified atom stereocenters. The number of pyridine rings is 1. The number of aromatic nitrogens is 3. The van der Waals surface area contributed by atoms with E-state index in [1.807, 2.05) is 33.0 Å². The summed E-state index contributed by atoms with van der Waals surface area (Å²) < 4.78 is 38.1. The van der Waals surface area contributed by atoms with Crippen molar-refractivity contribution in [1.82, 2.24) is 14.8 Å². The Morgan fingerprint density at radius 3 is 2.51 bits per heavy atom.